The van der Waals surface area contributed by atoms with Gasteiger partial charge in [-0.3, -0.25) is 9.89 Å². The number of hydrogen-bond acceptors (Lipinski definition) is 6. The van der Waals surface area contributed by atoms with Gasteiger partial charge in [0.15, 0.2) is 6.61 Å². The zero-order chi connectivity index (χ0) is 19.8. The average Bonchev–Trinajstić information content (AvgIpc) is 3.26. The summed E-state index contributed by atoms with van der Waals surface area (Å²) < 4.78 is 10.9. The summed E-state index contributed by atoms with van der Waals surface area (Å²) in [5, 5.41) is 14.7. The first kappa shape index (κ1) is 17.7. The molecule has 0 atom stereocenters. The van der Waals surface area contributed by atoms with E-state index < -0.39 is 0 Å². The summed E-state index contributed by atoms with van der Waals surface area (Å²) in [7, 11) is 0. The molecule has 1 amide bonds. The average molecular weight is 410 g/mol. The van der Waals surface area contributed by atoms with E-state index in [1.807, 2.05) is 0 Å². The molecule has 1 saturated carbocycles. The van der Waals surface area contributed by atoms with Crippen molar-refractivity contribution in [2.75, 3.05) is 5.32 Å². The summed E-state index contributed by atoms with van der Waals surface area (Å²) in [4.78, 5) is 16.9. The van der Waals surface area contributed by atoms with E-state index in [1.54, 1.807) is 42.6 Å². The van der Waals surface area contributed by atoms with E-state index in [1.165, 1.54) is 0 Å². The number of H-pyrrole nitrogens is 1. The number of ether oxygens (including phenoxy) is 1. The molecule has 2 aromatic heterocycles. The summed E-state index contributed by atoms with van der Waals surface area (Å²) in [5.74, 6) is 2.01. The molecule has 8 nitrogen and oxygen atoms in total. The predicted molar refractivity (Wildman–Crippen MR) is 106 cm³/mol. The van der Waals surface area contributed by atoms with Crippen LogP contribution in [0, 0.1) is 0 Å². The maximum absolute atomic E-state index is 12.5. The Morgan fingerprint density at radius 2 is 2.10 bits per heavy atom. The number of halogens is 1. The molecule has 5 rings (SSSR count). The fourth-order valence-corrected chi connectivity index (χ4v) is 3.22. The summed E-state index contributed by atoms with van der Waals surface area (Å²) in [6, 6.07) is 10.4. The maximum Gasteiger partial charge on any atom is 0.255 e. The van der Waals surface area contributed by atoms with Gasteiger partial charge in [0.25, 0.3) is 5.91 Å². The van der Waals surface area contributed by atoms with Crippen molar-refractivity contribution in [2.24, 2.45) is 0 Å². The number of rotatable bonds is 6. The van der Waals surface area contributed by atoms with Gasteiger partial charge in [0.05, 0.1) is 16.7 Å². The Balaban J connectivity index is 1.21. The number of fused-ring (bicyclic) bond motifs is 1. The number of benzene rings is 2. The Kier molecular flexibility index (Phi) is 4.40. The topological polar surface area (TPSA) is 106 Å². The number of hydrogen-bond donors (Lipinski definition) is 2. The predicted octanol–water partition coefficient (Wildman–Crippen LogP) is 4.31. The van der Waals surface area contributed by atoms with Crippen LogP contribution in [0.4, 0.5) is 5.69 Å². The first-order chi connectivity index (χ1) is 14.2. The third-order valence-electron chi connectivity index (χ3n) is 4.65. The van der Waals surface area contributed by atoms with Crippen LogP contribution < -0.4 is 10.1 Å². The van der Waals surface area contributed by atoms with Crippen molar-refractivity contribution in [3.63, 3.8) is 0 Å². The van der Waals surface area contributed by atoms with Crippen LogP contribution in [0.2, 0.25) is 5.02 Å². The Bertz CT molecular complexity index is 1180. The highest BCUT2D eigenvalue weighted by atomic mass is 35.5. The Morgan fingerprint density at radius 3 is 2.90 bits per heavy atom. The lowest BCUT2D eigenvalue weighted by Gasteiger charge is -2.08. The van der Waals surface area contributed by atoms with Gasteiger partial charge in [-0.15, -0.1) is 0 Å². The molecule has 2 N–H and O–H groups in total. The molecule has 0 spiro atoms. The van der Waals surface area contributed by atoms with Gasteiger partial charge in [-0.25, -0.2) is 0 Å². The number of nitrogens with one attached hydrogen (secondary N) is 2. The smallest absolute Gasteiger partial charge is 0.255 e. The Morgan fingerprint density at radius 1 is 1.28 bits per heavy atom. The highest BCUT2D eigenvalue weighted by molar-refractivity contribution is 6.35. The van der Waals surface area contributed by atoms with E-state index in [-0.39, 0.29) is 12.5 Å². The lowest BCUT2D eigenvalue weighted by molar-refractivity contribution is 0.102. The van der Waals surface area contributed by atoms with Gasteiger partial charge in [0.1, 0.15) is 5.75 Å². The van der Waals surface area contributed by atoms with Gasteiger partial charge < -0.3 is 14.6 Å². The lowest BCUT2D eigenvalue weighted by Crippen LogP contribution is -2.11. The van der Waals surface area contributed by atoms with Crippen LogP contribution >= 0.6 is 11.6 Å². The van der Waals surface area contributed by atoms with E-state index in [9.17, 15) is 4.79 Å². The van der Waals surface area contributed by atoms with Crippen LogP contribution in [0.25, 0.3) is 10.9 Å². The highest BCUT2D eigenvalue weighted by Crippen LogP contribution is 2.38. The largest absolute Gasteiger partial charge is 0.485 e. The Hall–Kier alpha value is -3.39. The number of carbonyl (C=O) groups is 1. The second kappa shape index (κ2) is 7.21. The fraction of sp³-hybridized carbons (Fsp3) is 0.200. The second-order valence-corrected chi connectivity index (χ2v) is 7.29. The van der Waals surface area contributed by atoms with Gasteiger partial charge in [0, 0.05) is 22.6 Å². The highest BCUT2D eigenvalue weighted by Gasteiger charge is 2.29. The van der Waals surface area contributed by atoms with Crippen molar-refractivity contribution in [3.05, 3.63) is 64.9 Å². The third-order valence-corrected chi connectivity index (χ3v) is 4.95. The summed E-state index contributed by atoms with van der Waals surface area (Å²) in [6.45, 7) is 0.227. The molecule has 0 aliphatic heterocycles. The molecule has 9 heteroatoms. The SMILES string of the molecule is O=C(Nc1ccc(OCc2noc(C3CC3)n2)cc1)c1cc(Cl)c2[nH]ncc2c1. The number of amides is 1. The summed E-state index contributed by atoms with van der Waals surface area (Å²) in [5.41, 5.74) is 1.80. The summed E-state index contributed by atoms with van der Waals surface area (Å²) in [6.07, 6.45) is 3.84. The van der Waals surface area contributed by atoms with E-state index >= 15 is 0 Å². The molecule has 0 bridgehead atoms. The van der Waals surface area contributed by atoms with Crippen molar-refractivity contribution in [1.82, 2.24) is 20.3 Å². The van der Waals surface area contributed by atoms with Crippen LogP contribution in [-0.2, 0) is 6.61 Å². The van der Waals surface area contributed by atoms with Crippen molar-refractivity contribution in [2.45, 2.75) is 25.4 Å². The third kappa shape index (κ3) is 3.79. The minimum Gasteiger partial charge on any atom is -0.485 e. The normalized spacial score (nSPS) is 13.6. The number of nitrogens with zero attached hydrogens (tertiary/aromatic N) is 3. The number of aromatic amines is 1. The zero-order valence-corrected chi connectivity index (χ0v) is 15.9. The van der Waals surface area contributed by atoms with Gasteiger partial charge >= 0.3 is 0 Å². The molecule has 1 aliphatic rings. The molecule has 4 aromatic rings. The molecule has 1 fully saturated rings. The number of anilines is 1. The first-order valence-electron chi connectivity index (χ1n) is 9.15. The van der Waals surface area contributed by atoms with Crippen LogP contribution in [0.3, 0.4) is 0 Å². The molecule has 2 aromatic carbocycles. The van der Waals surface area contributed by atoms with E-state index in [0.29, 0.717) is 45.2 Å². The number of aromatic nitrogens is 4. The van der Waals surface area contributed by atoms with Crippen LogP contribution in [-0.4, -0.2) is 26.2 Å². The van der Waals surface area contributed by atoms with Crippen LogP contribution in [0.1, 0.15) is 40.8 Å². The molecular weight excluding hydrogens is 394 g/mol. The van der Waals surface area contributed by atoms with Crippen molar-refractivity contribution >= 4 is 34.1 Å². The standard InChI is InChI=1S/C20H16ClN5O3/c21-16-8-12(7-13-9-22-25-18(13)16)19(27)23-14-3-5-15(6-4-14)28-10-17-24-20(29-26-17)11-1-2-11/h3-9,11H,1-2,10H2,(H,22,25)(H,23,27). The van der Waals surface area contributed by atoms with Crippen molar-refractivity contribution in [3.8, 4) is 5.75 Å². The van der Waals surface area contributed by atoms with Crippen LogP contribution in [0.5, 0.6) is 5.75 Å². The monoisotopic (exact) mass is 409 g/mol. The van der Waals surface area contributed by atoms with E-state index in [2.05, 4.69) is 25.7 Å². The molecule has 2 heterocycles. The van der Waals surface area contributed by atoms with Gasteiger partial charge in [-0.05, 0) is 49.2 Å². The van der Waals surface area contributed by atoms with Gasteiger partial charge in [0.2, 0.25) is 11.7 Å². The van der Waals surface area contributed by atoms with E-state index in [4.69, 9.17) is 20.9 Å². The number of carbonyl (C=O) groups excluding carboxylic acids is 1. The van der Waals surface area contributed by atoms with Crippen molar-refractivity contribution in [1.29, 1.82) is 0 Å². The molecule has 146 valence electrons. The van der Waals surface area contributed by atoms with Crippen molar-refractivity contribution < 1.29 is 14.1 Å². The quantitative estimate of drug-likeness (QED) is 0.491. The minimum atomic E-state index is -0.261. The fourth-order valence-electron chi connectivity index (χ4n) is 2.95. The Labute approximate surface area is 170 Å². The summed E-state index contributed by atoms with van der Waals surface area (Å²) >= 11 is 6.19. The maximum atomic E-state index is 12.5. The van der Waals surface area contributed by atoms with E-state index in [0.717, 1.165) is 18.2 Å². The molecule has 0 radical (unpaired) electrons. The zero-order valence-electron chi connectivity index (χ0n) is 15.2. The van der Waals surface area contributed by atoms with Gasteiger partial charge in [-0.1, -0.05) is 16.8 Å². The minimum absolute atomic E-state index is 0.227. The second-order valence-electron chi connectivity index (χ2n) is 6.88. The molecule has 1 aliphatic carbocycles. The first-order valence-corrected chi connectivity index (χ1v) is 9.53. The van der Waals surface area contributed by atoms with Crippen LogP contribution in [0.15, 0.2) is 47.1 Å². The molecule has 0 saturated heterocycles. The lowest BCUT2D eigenvalue weighted by atomic mass is 10.1. The van der Waals surface area contributed by atoms with Gasteiger partial charge in [-0.2, -0.15) is 10.1 Å². The molecule has 29 heavy (non-hydrogen) atoms. The molecular formula is C20H16ClN5O3. The molecule has 0 unspecified atom stereocenters.